The number of allylic oxidation sites excluding steroid dienone is 1. The molecule has 0 bridgehead atoms. The van der Waals surface area contributed by atoms with Crippen LogP contribution in [0.25, 0.3) is 6.08 Å². The molecule has 0 fully saturated rings. The third kappa shape index (κ3) is 7.11. The molecule has 4 rings (SSSR count). The first-order chi connectivity index (χ1) is 20.9. The van der Waals surface area contributed by atoms with Gasteiger partial charge in [-0.1, -0.05) is 43.2 Å². The molecule has 1 aromatic heterocycles. The van der Waals surface area contributed by atoms with Crippen LogP contribution >= 0.6 is 11.3 Å². The largest absolute Gasteiger partial charge is 0.493 e. The third-order valence-corrected chi connectivity index (χ3v) is 7.96. The van der Waals surface area contributed by atoms with E-state index >= 15 is 0 Å². The van der Waals surface area contributed by atoms with E-state index in [9.17, 15) is 9.59 Å². The predicted octanol–water partition coefficient (Wildman–Crippen LogP) is 4.02. The van der Waals surface area contributed by atoms with Gasteiger partial charge >= 0.3 is 5.97 Å². The number of benzene rings is 2. The van der Waals surface area contributed by atoms with Crippen LogP contribution in [0.3, 0.4) is 0 Å². The number of thiazole rings is 1. The minimum absolute atomic E-state index is 0.0659. The molecule has 0 saturated carbocycles. The SMILES string of the molecule is CCCCCOc1ccc(C2C(C(=O)OCCOC)=C(C)N=c3sc(=Cc4ccc(OC)c(OC)c4)c(=O)n32)cc1OC. The minimum Gasteiger partial charge on any atom is -0.493 e. The molecule has 10 nitrogen and oxygen atoms in total. The number of fused-ring (bicyclic) bond motifs is 1. The summed E-state index contributed by atoms with van der Waals surface area (Å²) in [7, 11) is 6.22. The molecular weight excluding hydrogens is 572 g/mol. The molecule has 1 aliphatic rings. The number of nitrogens with zero attached hydrogens (tertiary/aromatic N) is 2. The number of aromatic nitrogens is 1. The van der Waals surface area contributed by atoms with E-state index in [2.05, 4.69) is 11.9 Å². The topological polar surface area (TPSA) is 107 Å². The van der Waals surface area contributed by atoms with Gasteiger partial charge in [-0.25, -0.2) is 9.79 Å². The maximum absolute atomic E-state index is 14.0. The molecule has 2 heterocycles. The lowest BCUT2D eigenvalue weighted by molar-refractivity contribution is -0.140. The normalized spacial score (nSPS) is 14.7. The standard InChI is InChI=1S/C32H38N2O8S/c1-7-8-9-14-41-24-13-11-22(19-26(24)40-6)29-28(31(36)42-16-15-37-3)20(2)33-32-34(29)30(35)27(43-32)18-21-10-12-23(38-4)25(17-21)39-5/h10-13,17-19,29H,7-9,14-16H2,1-6H3. The monoisotopic (exact) mass is 610 g/mol. The van der Waals surface area contributed by atoms with Crippen LogP contribution in [0, 0.1) is 0 Å². The molecule has 0 N–H and O–H groups in total. The van der Waals surface area contributed by atoms with Crippen molar-refractivity contribution in [3.8, 4) is 23.0 Å². The molecule has 0 radical (unpaired) electrons. The summed E-state index contributed by atoms with van der Waals surface area (Å²) >= 11 is 1.24. The van der Waals surface area contributed by atoms with E-state index in [4.69, 9.17) is 28.4 Å². The average Bonchev–Trinajstić information content (AvgIpc) is 3.32. The summed E-state index contributed by atoms with van der Waals surface area (Å²) in [6.45, 7) is 4.75. The molecule has 1 aliphatic heterocycles. The molecule has 1 unspecified atom stereocenters. The Morgan fingerprint density at radius 3 is 2.35 bits per heavy atom. The Morgan fingerprint density at radius 2 is 1.65 bits per heavy atom. The first kappa shape index (κ1) is 31.8. The number of hydrogen-bond donors (Lipinski definition) is 0. The van der Waals surface area contributed by atoms with E-state index in [1.165, 1.54) is 23.0 Å². The number of methoxy groups -OCH3 is 4. The Kier molecular flexibility index (Phi) is 11.0. The van der Waals surface area contributed by atoms with E-state index in [0.717, 1.165) is 24.8 Å². The number of unbranched alkanes of at least 4 members (excludes halogenated alkanes) is 2. The van der Waals surface area contributed by atoms with Gasteiger partial charge in [0.15, 0.2) is 27.8 Å². The lowest BCUT2D eigenvalue weighted by Gasteiger charge is -2.25. The second kappa shape index (κ2) is 14.9. The van der Waals surface area contributed by atoms with Gasteiger partial charge < -0.3 is 28.4 Å². The quantitative estimate of drug-likeness (QED) is 0.199. The molecule has 1 atom stereocenters. The summed E-state index contributed by atoms with van der Waals surface area (Å²) in [5, 5.41) is 0. The average molecular weight is 611 g/mol. The lowest BCUT2D eigenvalue weighted by atomic mass is 9.95. The van der Waals surface area contributed by atoms with Crippen LogP contribution in [0.15, 0.2) is 57.5 Å². The molecule has 11 heteroatoms. The molecule has 3 aromatic rings. The van der Waals surface area contributed by atoms with Crippen molar-refractivity contribution in [2.24, 2.45) is 4.99 Å². The van der Waals surface area contributed by atoms with Crippen molar-refractivity contribution in [3.63, 3.8) is 0 Å². The fraction of sp³-hybridized carbons (Fsp3) is 0.406. The van der Waals surface area contributed by atoms with Crippen LogP contribution in [0.4, 0.5) is 0 Å². The highest BCUT2D eigenvalue weighted by atomic mass is 32.1. The number of carbonyl (C=O) groups excluding carboxylic acids is 1. The molecule has 0 spiro atoms. The van der Waals surface area contributed by atoms with E-state index in [1.54, 1.807) is 52.5 Å². The van der Waals surface area contributed by atoms with E-state index in [0.29, 0.717) is 50.2 Å². The predicted molar refractivity (Wildman–Crippen MR) is 164 cm³/mol. The van der Waals surface area contributed by atoms with Crippen LogP contribution in [-0.4, -0.2) is 58.8 Å². The molecular formula is C32H38N2O8S. The highest BCUT2D eigenvalue weighted by Crippen LogP contribution is 2.36. The maximum Gasteiger partial charge on any atom is 0.338 e. The molecule has 230 valence electrons. The Morgan fingerprint density at radius 1 is 0.930 bits per heavy atom. The van der Waals surface area contributed by atoms with Crippen LogP contribution < -0.4 is 33.8 Å². The summed E-state index contributed by atoms with van der Waals surface area (Å²) in [5.74, 6) is 1.65. The molecule has 0 saturated heterocycles. The van der Waals surface area contributed by atoms with E-state index in [1.807, 2.05) is 18.2 Å². The van der Waals surface area contributed by atoms with Gasteiger partial charge in [0.25, 0.3) is 5.56 Å². The molecule has 0 aliphatic carbocycles. The summed E-state index contributed by atoms with van der Waals surface area (Å²) < 4.78 is 35.0. The molecule has 43 heavy (non-hydrogen) atoms. The number of hydrogen-bond acceptors (Lipinski definition) is 10. The van der Waals surface area contributed by atoms with Gasteiger partial charge in [0.1, 0.15) is 6.61 Å². The van der Waals surface area contributed by atoms with Gasteiger partial charge in [0.05, 0.1) is 56.4 Å². The van der Waals surface area contributed by atoms with Crippen LogP contribution in [-0.2, 0) is 14.3 Å². The lowest BCUT2D eigenvalue weighted by Crippen LogP contribution is -2.40. The number of rotatable bonds is 14. The van der Waals surface area contributed by atoms with Crippen molar-refractivity contribution in [3.05, 3.63) is 78.5 Å². The van der Waals surface area contributed by atoms with Crippen molar-refractivity contribution in [2.45, 2.75) is 39.2 Å². The number of ether oxygens (including phenoxy) is 6. The van der Waals surface area contributed by atoms with Gasteiger partial charge in [-0.15, -0.1) is 0 Å². The van der Waals surface area contributed by atoms with Crippen molar-refractivity contribution >= 4 is 23.4 Å². The summed E-state index contributed by atoms with van der Waals surface area (Å²) in [5.41, 5.74) is 1.84. The molecule has 2 aromatic carbocycles. The van der Waals surface area contributed by atoms with Gasteiger partial charge in [-0.2, -0.15) is 0 Å². The Balaban J connectivity index is 1.84. The third-order valence-electron chi connectivity index (χ3n) is 6.98. The van der Waals surface area contributed by atoms with Crippen LogP contribution in [0.5, 0.6) is 23.0 Å². The second-order valence-corrected chi connectivity index (χ2v) is 10.8. The van der Waals surface area contributed by atoms with Crippen molar-refractivity contribution in [1.29, 1.82) is 0 Å². The first-order valence-electron chi connectivity index (χ1n) is 14.1. The Labute approximate surface area is 254 Å². The summed E-state index contributed by atoms with van der Waals surface area (Å²) in [6, 6.07) is 10.1. The summed E-state index contributed by atoms with van der Waals surface area (Å²) in [4.78, 5) is 32.6. The smallest absolute Gasteiger partial charge is 0.338 e. The van der Waals surface area contributed by atoms with Crippen molar-refractivity contribution < 1.29 is 33.2 Å². The zero-order valence-electron chi connectivity index (χ0n) is 25.4. The zero-order valence-corrected chi connectivity index (χ0v) is 26.2. The Hall–Kier alpha value is -4.09. The fourth-order valence-electron chi connectivity index (χ4n) is 4.80. The van der Waals surface area contributed by atoms with Crippen molar-refractivity contribution in [1.82, 2.24) is 4.57 Å². The van der Waals surface area contributed by atoms with Gasteiger partial charge in [0.2, 0.25) is 0 Å². The van der Waals surface area contributed by atoms with Crippen molar-refractivity contribution in [2.75, 3.05) is 48.3 Å². The Bertz CT molecular complexity index is 1660. The second-order valence-electron chi connectivity index (χ2n) is 9.79. The maximum atomic E-state index is 14.0. The van der Waals surface area contributed by atoms with Gasteiger partial charge in [0, 0.05) is 7.11 Å². The van der Waals surface area contributed by atoms with E-state index < -0.39 is 12.0 Å². The molecule has 0 amide bonds. The first-order valence-corrected chi connectivity index (χ1v) is 14.9. The van der Waals surface area contributed by atoms with Crippen LogP contribution in [0.2, 0.25) is 0 Å². The highest BCUT2D eigenvalue weighted by Gasteiger charge is 2.34. The minimum atomic E-state index is -0.804. The van der Waals surface area contributed by atoms with E-state index in [-0.39, 0.29) is 24.3 Å². The number of esters is 1. The number of carbonyl (C=O) groups is 1. The van der Waals surface area contributed by atoms with Crippen LogP contribution in [0.1, 0.15) is 50.3 Å². The fourth-order valence-corrected chi connectivity index (χ4v) is 5.84. The highest BCUT2D eigenvalue weighted by molar-refractivity contribution is 7.07. The summed E-state index contributed by atoms with van der Waals surface area (Å²) in [6.07, 6.45) is 4.85. The van der Waals surface area contributed by atoms with Gasteiger partial charge in [-0.3, -0.25) is 9.36 Å². The zero-order chi connectivity index (χ0) is 30.9. The van der Waals surface area contributed by atoms with Gasteiger partial charge in [-0.05, 0) is 54.8 Å².